The molecule has 0 aromatic heterocycles. The second kappa shape index (κ2) is 9.87. The standard InChI is InChI=1S/C19H23FN2O3S2/c1-3-22(4-2)27(24,25)18-10-6-9-17(12-18)21-19(23)14-26-13-15-7-5-8-16(20)11-15/h5-12H,3-4,13-14H2,1-2H3,(H,21,23). The Morgan fingerprint density at radius 2 is 1.81 bits per heavy atom. The summed E-state index contributed by atoms with van der Waals surface area (Å²) < 4.78 is 39.6. The number of amides is 1. The molecule has 0 aliphatic heterocycles. The second-order valence-corrected chi connectivity index (χ2v) is 8.71. The lowest BCUT2D eigenvalue weighted by atomic mass is 10.2. The van der Waals surface area contributed by atoms with Gasteiger partial charge in [-0.1, -0.05) is 32.0 Å². The average molecular weight is 411 g/mol. The first kappa shape index (κ1) is 21.4. The van der Waals surface area contributed by atoms with Gasteiger partial charge in [-0.2, -0.15) is 4.31 Å². The summed E-state index contributed by atoms with van der Waals surface area (Å²) in [6.07, 6.45) is 0. The molecule has 1 amide bonds. The minimum absolute atomic E-state index is 0.149. The Morgan fingerprint density at radius 1 is 1.11 bits per heavy atom. The Kier molecular flexibility index (Phi) is 7.82. The van der Waals surface area contributed by atoms with Crippen LogP contribution in [0.5, 0.6) is 0 Å². The Morgan fingerprint density at radius 3 is 2.48 bits per heavy atom. The third kappa shape index (κ3) is 6.05. The summed E-state index contributed by atoms with van der Waals surface area (Å²) in [4.78, 5) is 12.3. The number of thioether (sulfide) groups is 1. The van der Waals surface area contributed by atoms with E-state index in [0.717, 1.165) is 5.56 Å². The highest BCUT2D eigenvalue weighted by Gasteiger charge is 2.21. The highest BCUT2D eigenvalue weighted by molar-refractivity contribution is 7.99. The van der Waals surface area contributed by atoms with E-state index < -0.39 is 10.0 Å². The van der Waals surface area contributed by atoms with E-state index in [1.165, 1.54) is 40.3 Å². The summed E-state index contributed by atoms with van der Waals surface area (Å²) in [6.45, 7) is 4.32. The largest absolute Gasteiger partial charge is 0.325 e. The van der Waals surface area contributed by atoms with E-state index >= 15 is 0 Å². The molecule has 0 fully saturated rings. The molecule has 0 heterocycles. The number of rotatable bonds is 9. The van der Waals surface area contributed by atoms with E-state index in [2.05, 4.69) is 5.32 Å². The van der Waals surface area contributed by atoms with Crippen LogP contribution in [0.3, 0.4) is 0 Å². The number of carbonyl (C=O) groups is 1. The van der Waals surface area contributed by atoms with Crippen LogP contribution < -0.4 is 5.32 Å². The Labute approximate surface area is 164 Å². The Bertz CT molecular complexity index is 884. The number of hydrogen-bond acceptors (Lipinski definition) is 4. The highest BCUT2D eigenvalue weighted by atomic mass is 32.2. The van der Waals surface area contributed by atoms with Gasteiger partial charge in [-0.25, -0.2) is 12.8 Å². The Balaban J connectivity index is 1.96. The van der Waals surface area contributed by atoms with Gasteiger partial charge in [0.05, 0.1) is 10.6 Å². The van der Waals surface area contributed by atoms with Gasteiger partial charge in [0.1, 0.15) is 5.82 Å². The van der Waals surface area contributed by atoms with Crippen molar-refractivity contribution in [3.8, 4) is 0 Å². The van der Waals surface area contributed by atoms with Crippen LogP contribution in [-0.2, 0) is 20.6 Å². The summed E-state index contributed by atoms with van der Waals surface area (Å²) in [6, 6.07) is 12.5. The first-order chi connectivity index (χ1) is 12.9. The van der Waals surface area contributed by atoms with Crippen LogP contribution >= 0.6 is 11.8 Å². The molecule has 0 atom stereocenters. The number of nitrogens with zero attached hydrogens (tertiary/aromatic N) is 1. The molecule has 0 aliphatic rings. The number of hydrogen-bond donors (Lipinski definition) is 1. The van der Waals surface area contributed by atoms with Gasteiger partial charge in [0, 0.05) is 24.5 Å². The molecule has 146 valence electrons. The van der Waals surface area contributed by atoms with E-state index in [1.807, 2.05) is 0 Å². The molecule has 2 aromatic rings. The predicted octanol–water partition coefficient (Wildman–Crippen LogP) is 3.73. The van der Waals surface area contributed by atoms with Crippen molar-refractivity contribution >= 4 is 33.4 Å². The first-order valence-corrected chi connectivity index (χ1v) is 11.2. The second-order valence-electron chi connectivity index (χ2n) is 5.79. The van der Waals surface area contributed by atoms with Crippen molar-refractivity contribution < 1.29 is 17.6 Å². The summed E-state index contributed by atoms with van der Waals surface area (Å²) in [7, 11) is -3.58. The predicted molar refractivity (Wildman–Crippen MR) is 108 cm³/mol. The maximum atomic E-state index is 13.1. The molecule has 0 saturated heterocycles. The normalized spacial score (nSPS) is 11.6. The van der Waals surface area contributed by atoms with Crippen molar-refractivity contribution in [1.82, 2.24) is 4.31 Å². The number of carbonyl (C=O) groups excluding carboxylic acids is 1. The smallest absolute Gasteiger partial charge is 0.243 e. The lowest BCUT2D eigenvalue weighted by Crippen LogP contribution is -2.30. The molecule has 0 radical (unpaired) electrons. The number of nitrogens with one attached hydrogen (secondary N) is 1. The van der Waals surface area contributed by atoms with Crippen LogP contribution in [0, 0.1) is 5.82 Å². The fourth-order valence-electron chi connectivity index (χ4n) is 2.53. The van der Waals surface area contributed by atoms with Crippen molar-refractivity contribution in [3.05, 3.63) is 59.9 Å². The zero-order valence-corrected chi connectivity index (χ0v) is 16.9. The van der Waals surface area contributed by atoms with Crippen molar-refractivity contribution in [2.75, 3.05) is 24.2 Å². The monoisotopic (exact) mass is 410 g/mol. The highest BCUT2D eigenvalue weighted by Crippen LogP contribution is 2.20. The number of halogens is 1. The molecule has 0 spiro atoms. The van der Waals surface area contributed by atoms with Crippen LogP contribution in [-0.4, -0.2) is 37.5 Å². The fraction of sp³-hybridized carbons (Fsp3) is 0.316. The lowest BCUT2D eigenvalue weighted by Gasteiger charge is -2.18. The van der Waals surface area contributed by atoms with Gasteiger partial charge >= 0.3 is 0 Å². The summed E-state index contributed by atoms with van der Waals surface area (Å²) in [5.41, 5.74) is 1.24. The van der Waals surface area contributed by atoms with Crippen molar-refractivity contribution in [2.45, 2.75) is 24.5 Å². The van der Waals surface area contributed by atoms with Gasteiger partial charge in [0.25, 0.3) is 0 Å². The van der Waals surface area contributed by atoms with Gasteiger partial charge < -0.3 is 5.32 Å². The molecule has 27 heavy (non-hydrogen) atoms. The van der Waals surface area contributed by atoms with Crippen molar-refractivity contribution in [3.63, 3.8) is 0 Å². The molecule has 8 heteroatoms. The Hall–Kier alpha value is -1.90. The molecule has 2 rings (SSSR count). The molecular formula is C19H23FN2O3S2. The molecule has 0 bridgehead atoms. The zero-order chi connectivity index (χ0) is 19.9. The molecule has 0 saturated carbocycles. The molecule has 0 unspecified atom stereocenters. The van der Waals surface area contributed by atoms with Gasteiger partial charge in [0.2, 0.25) is 15.9 Å². The van der Waals surface area contributed by atoms with Crippen LogP contribution in [0.1, 0.15) is 19.4 Å². The molecule has 0 aliphatic carbocycles. The van der Waals surface area contributed by atoms with Crippen molar-refractivity contribution in [2.24, 2.45) is 0 Å². The molecular weight excluding hydrogens is 387 g/mol. The maximum Gasteiger partial charge on any atom is 0.243 e. The molecule has 1 N–H and O–H groups in total. The van der Waals surface area contributed by atoms with Crippen LogP contribution in [0.25, 0.3) is 0 Å². The number of sulfonamides is 1. The van der Waals surface area contributed by atoms with Gasteiger partial charge in [-0.15, -0.1) is 11.8 Å². The molecule has 2 aromatic carbocycles. The average Bonchev–Trinajstić information content (AvgIpc) is 2.63. The van der Waals surface area contributed by atoms with Crippen LogP contribution in [0.4, 0.5) is 10.1 Å². The van der Waals surface area contributed by atoms with E-state index in [-0.39, 0.29) is 22.4 Å². The van der Waals surface area contributed by atoms with E-state index in [0.29, 0.717) is 24.5 Å². The SMILES string of the molecule is CCN(CC)S(=O)(=O)c1cccc(NC(=O)CSCc2cccc(F)c2)c1. The first-order valence-electron chi connectivity index (χ1n) is 8.59. The minimum atomic E-state index is -3.58. The third-order valence-electron chi connectivity index (χ3n) is 3.85. The summed E-state index contributed by atoms with van der Waals surface area (Å²) in [5, 5.41) is 2.71. The topological polar surface area (TPSA) is 66.5 Å². The van der Waals surface area contributed by atoms with Gasteiger partial charge in [-0.05, 0) is 35.9 Å². The van der Waals surface area contributed by atoms with Crippen LogP contribution in [0.2, 0.25) is 0 Å². The minimum Gasteiger partial charge on any atom is -0.325 e. The summed E-state index contributed by atoms with van der Waals surface area (Å²) in [5.74, 6) is 0.156. The lowest BCUT2D eigenvalue weighted by molar-refractivity contribution is -0.113. The zero-order valence-electron chi connectivity index (χ0n) is 15.3. The van der Waals surface area contributed by atoms with E-state index in [4.69, 9.17) is 0 Å². The van der Waals surface area contributed by atoms with Gasteiger partial charge in [0.15, 0.2) is 0 Å². The number of anilines is 1. The van der Waals surface area contributed by atoms with Crippen molar-refractivity contribution in [1.29, 1.82) is 0 Å². The van der Waals surface area contributed by atoms with Crippen LogP contribution in [0.15, 0.2) is 53.4 Å². The van der Waals surface area contributed by atoms with E-state index in [9.17, 15) is 17.6 Å². The summed E-state index contributed by atoms with van der Waals surface area (Å²) >= 11 is 1.36. The van der Waals surface area contributed by atoms with Gasteiger partial charge in [-0.3, -0.25) is 4.79 Å². The maximum absolute atomic E-state index is 13.1. The third-order valence-corrected chi connectivity index (χ3v) is 6.90. The van der Waals surface area contributed by atoms with E-state index in [1.54, 1.807) is 38.1 Å². The quantitative estimate of drug-likeness (QED) is 0.684. The fourth-order valence-corrected chi connectivity index (χ4v) is 4.81. The molecule has 5 nitrogen and oxygen atoms in total. The number of benzene rings is 2.